The highest BCUT2D eigenvalue weighted by Gasteiger charge is 2.33. The molecule has 0 atom stereocenters. The molecule has 0 unspecified atom stereocenters. The van der Waals surface area contributed by atoms with Gasteiger partial charge in [0.05, 0.1) is 32.5 Å². The molecule has 2 aromatic carbocycles. The number of fused-ring (bicyclic) bond motifs is 3. The van der Waals surface area contributed by atoms with Crippen molar-refractivity contribution in [2.24, 2.45) is 0 Å². The lowest BCUT2D eigenvalue weighted by molar-refractivity contribution is 0.0872. The molecule has 3 aromatic rings. The van der Waals surface area contributed by atoms with Gasteiger partial charge in [0.25, 0.3) is 0 Å². The Morgan fingerprint density at radius 2 is 1.88 bits per heavy atom. The second-order valence-electron chi connectivity index (χ2n) is 7.94. The molecule has 0 fully saturated rings. The van der Waals surface area contributed by atoms with Crippen molar-refractivity contribution in [2.75, 3.05) is 28.1 Å². The number of Topliss-reactive ketones (excluding diaryl/α,β-unsaturated/α-hetero) is 1. The van der Waals surface area contributed by atoms with E-state index in [0.29, 0.717) is 53.9 Å². The molecule has 0 amide bonds. The summed E-state index contributed by atoms with van der Waals surface area (Å²) in [7, 11) is 4.64. The number of hydrogen-bond donors (Lipinski definition) is 0. The quantitative estimate of drug-likeness (QED) is 0.510. The van der Waals surface area contributed by atoms with Crippen LogP contribution in [0.25, 0.3) is 6.08 Å². The van der Waals surface area contributed by atoms with Gasteiger partial charge >= 0.3 is 0 Å². The van der Waals surface area contributed by atoms with Gasteiger partial charge < -0.3 is 23.7 Å². The maximum absolute atomic E-state index is 13.1. The van der Waals surface area contributed by atoms with Gasteiger partial charge in [0.1, 0.15) is 18.2 Å². The number of methoxy groups -OCH3 is 3. The number of ether oxygens (including phenoxy) is 5. The molecule has 5 rings (SSSR count). The van der Waals surface area contributed by atoms with E-state index < -0.39 is 0 Å². The van der Waals surface area contributed by atoms with Crippen LogP contribution in [-0.4, -0.2) is 43.7 Å². The van der Waals surface area contributed by atoms with Crippen molar-refractivity contribution < 1.29 is 28.5 Å². The van der Waals surface area contributed by atoms with E-state index in [1.54, 1.807) is 51.8 Å². The SMILES string of the molecule is COc1cc(/C=C2\Oc3c(ccc4c3CN(Cc3cccnc3)CO4)C2=O)cc(OC)c1OC. The van der Waals surface area contributed by atoms with Crippen LogP contribution >= 0.6 is 0 Å². The lowest BCUT2D eigenvalue weighted by Gasteiger charge is -2.29. The van der Waals surface area contributed by atoms with Gasteiger partial charge in [-0.05, 0) is 47.5 Å². The van der Waals surface area contributed by atoms with E-state index in [0.717, 1.165) is 16.9 Å². The topological polar surface area (TPSA) is 79.4 Å². The summed E-state index contributed by atoms with van der Waals surface area (Å²) in [5, 5.41) is 0. The molecule has 174 valence electrons. The zero-order chi connectivity index (χ0) is 23.7. The van der Waals surface area contributed by atoms with Crippen molar-refractivity contribution in [1.82, 2.24) is 9.88 Å². The van der Waals surface area contributed by atoms with Crippen molar-refractivity contribution >= 4 is 11.9 Å². The molecule has 0 saturated heterocycles. The first-order valence-electron chi connectivity index (χ1n) is 10.8. The number of hydrogen-bond acceptors (Lipinski definition) is 8. The van der Waals surface area contributed by atoms with Gasteiger partial charge in [-0.15, -0.1) is 0 Å². The fourth-order valence-corrected chi connectivity index (χ4v) is 4.19. The maximum Gasteiger partial charge on any atom is 0.231 e. The molecular formula is C26H24N2O6. The summed E-state index contributed by atoms with van der Waals surface area (Å²) < 4.78 is 28.3. The average Bonchev–Trinajstić information content (AvgIpc) is 3.19. The third-order valence-electron chi connectivity index (χ3n) is 5.80. The maximum atomic E-state index is 13.1. The first-order chi connectivity index (χ1) is 16.6. The summed E-state index contributed by atoms with van der Waals surface area (Å²) >= 11 is 0. The monoisotopic (exact) mass is 460 g/mol. The average molecular weight is 460 g/mol. The summed E-state index contributed by atoms with van der Waals surface area (Å²) in [4.78, 5) is 19.5. The van der Waals surface area contributed by atoms with Crippen molar-refractivity contribution in [1.29, 1.82) is 0 Å². The zero-order valence-electron chi connectivity index (χ0n) is 19.2. The van der Waals surface area contributed by atoms with Crippen LogP contribution in [0.1, 0.15) is 27.0 Å². The van der Waals surface area contributed by atoms with Crippen LogP contribution in [0.5, 0.6) is 28.7 Å². The summed E-state index contributed by atoms with van der Waals surface area (Å²) in [5.41, 5.74) is 3.15. The molecule has 1 aromatic heterocycles. The van der Waals surface area contributed by atoms with E-state index in [-0.39, 0.29) is 11.5 Å². The molecule has 0 bridgehead atoms. The molecule has 8 heteroatoms. The summed E-state index contributed by atoms with van der Waals surface area (Å²) in [6.07, 6.45) is 5.26. The molecule has 0 spiro atoms. The Balaban J connectivity index is 1.45. The largest absolute Gasteiger partial charge is 0.493 e. The standard InChI is InChI=1S/C26H24N2O6/c1-30-22-10-17(11-23(31-2)26(22)32-3)9-21-24(29)18-6-7-20-19(25(18)34-21)14-28(15-33-20)13-16-5-4-8-27-12-16/h4-12H,13-15H2,1-3H3/b21-9-. The Labute approximate surface area is 197 Å². The fourth-order valence-electron chi connectivity index (χ4n) is 4.19. The van der Waals surface area contributed by atoms with E-state index in [4.69, 9.17) is 23.7 Å². The van der Waals surface area contributed by atoms with Crippen LogP contribution in [0.2, 0.25) is 0 Å². The lowest BCUT2D eigenvalue weighted by Crippen LogP contribution is -2.31. The Kier molecular flexibility index (Phi) is 5.81. The molecule has 3 heterocycles. The van der Waals surface area contributed by atoms with Crippen molar-refractivity contribution in [3.63, 3.8) is 0 Å². The summed E-state index contributed by atoms with van der Waals surface area (Å²) in [5.74, 6) is 2.77. The van der Waals surface area contributed by atoms with E-state index in [1.807, 2.05) is 24.4 Å². The van der Waals surface area contributed by atoms with Gasteiger partial charge in [0, 0.05) is 25.5 Å². The molecule has 34 heavy (non-hydrogen) atoms. The minimum absolute atomic E-state index is 0.184. The predicted molar refractivity (Wildman–Crippen MR) is 124 cm³/mol. The number of benzene rings is 2. The number of rotatable bonds is 6. The minimum Gasteiger partial charge on any atom is -0.493 e. The van der Waals surface area contributed by atoms with E-state index >= 15 is 0 Å². The van der Waals surface area contributed by atoms with Gasteiger partial charge in [0.15, 0.2) is 17.3 Å². The highest BCUT2D eigenvalue weighted by Crippen LogP contribution is 2.43. The smallest absolute Gasteiger partial charge is 0.231 e. The van der Waals surface area contributed by atoms with Crippen LogP contribution in [0.3, 0.4) is 0 Å². The first-order valence-corrected chi connectivity index (χ1v) is 10.8. The molecule has 0 radical (unpaired) electrons. The normalized spacial score (nSPS) is 15.9. The second-order valence-corrected chi connectivity index (χ2v) is 7.94. The highest BCUT2D eigenvalue weighted by atomic mass is 16.5. The summed E-state index contributed by atoms with van der Waals surface area (Å²) in [6.45, 7) is 1.72. The lowest BCUT2D eigenvalue weighted by atomic mass is 10.0. The molecule has 0 saturated carbocycles. The predicted octanol–water partition coefficient (Wildman–Crippen LogP) is 4.08. The number of aromatic nitrogens is 1. The van der Waals surface area contributed by atoms with Crippen molar-refractivity contribution in [3.05, 3.63) is 76.8 Å². The molecular weight excluding hydrogens is 436 g/mol. The van der Waals surface area contributed by atoms with Crippen LogP contribution in [0.15, 0.2) is 54.6 Å². The van der Waals surface area contributed by atoms with Gasteiger partial charge in [-0.2, -0.15) is 0 Å². The number of carbonyl (C=O) groups is 1. The Morgan fingerprint density at radius 3 is 2.56 bits per heavy atom. The van der Waals surface area contributed by atoms with Crippen LogP contribution in [-0.2, 0) is 13.1 Å². The highest BCUT2D eigenvalue weighted by molar-refractivity contribution is 6.15. The molecule has 2 aliphatic rings. The minimum atomic E-state index is -0.184. The third-order valence-corrected chi connectivity index (χ3v) is 5.80. The van der Waals surface area contributed by atoms with Crippen molar-refractivity contribution in [3.8, 4) is 28.7 Å². The van der Waals surface area contributed by atoms with Crippen LogP contribution < -0.4 is 23.7 Å². The Bertz CT molecular complexity index is 1250. The van der Waals surface area contributed by atoms with Gasteiger partial charge in [-0.3, -0.25) is 14.7 Å². The Hall–Kier alpha value is -4.04. The number of nitrogens with zero attached hydrogens (tertiary/aromatic N) is 2. The number of pyridine rings is 1. The Morgan fingerprint density at radius 1 is 1.09 bits per heavy atom. The number of ketones is 1. The van der Waals surface area contributed by atoms with Gasteiger partial charge in [-0.25, -0.2) is 0 Å². The number of carbonyl (C=O) groups excluding carboxylic acids is 1. The van der Waals surface area contributed by atoms with E-state index in [1.165, 1.54) is 0 Å². The van der Waals surface area contributed by atoms with Crippen LogP contribution in [0, 0.1) is 0 Å². The zero-order valence-corrected chi connectivity index (χ0v) is 19.2. The van der Waals surface area contributed by atoms with Gasteiger partial charge in [0.2, 0.25) is 11.5 Å². The first kappa shape index (κ1) is 21.8. The molecule has 8 nitrogen and oxygen atoms in total. The number of allylic oxidation sites excluding steroid dienone is 1. The second kappa shape index (κ2) is 9.07. The molecule has 0 N–H and O–H groups in total. The van der Waals surface area contributed by atoms with E-state index in [2.05, 4.69) is 9.88 Å². The summed E-state index contributed by atoms with van der Waals surface area (Å²) in [6, 6.07) is 11.1. The third kappa shape index (κ3) is 3.92. The molecule has 0 aliphatic carbocycles. The van der Waals surface area contributed by atoms with Gasteiger partial charge in [-0.1, -0.05) is 6.07 Å². The fraction of sp³-hybridized carbons (Fsp3) is 0.231. The van der Waals surface area contributed by atoms with E-state index in [9.17, 15) is 4.79 Å². The van der Waals surface area contributed by atoms with Crippen LogP contribution in [0.4, 0.5) is 0 Å². The molecule has 2 aliphatic heterocycles. The van der Waals surface area contributed by atoms with Crippen molar-refractivity contribution in [2.45, 2.75) is 13.1 Å².